The smallest absolute Gasteiger partial charge is 0.341 e. The number of amides is 1. The maximum atomic E-state index is 13.0. The van der Waals surface area contributed by atoms with Gasteiger partial charge in [0.1, 0.15) is 10.8 Å². The highest BCUT2D eigenvalue weighted by Crippen LogP contribution is 2.44. The Morgan fingerprint density at radius 1 is 1.20 bits per heavy atom. The number of esters is 1. The number of para-hydroxylation sites is 1. The van der Waals surface area contributed by atoms with Crippen LogP contribution < -0.4 is 15.4 Å². The molecule has 1 aromatic carbocycles. The van der Waals surface area contributed by atoms with Crippen LogP contribution in [0.1, 0.15) is 84.5 Å². The Kier molecular flexibility index (Phi) is 9.30. The number of fused-ring (bicyclic) bond motifs is 1. The van der Waals surface area contributed by atoms with E-state index in [2.05, 4.69) is 38.3 Å². The highest BCUT2D eigenvalue weighted by molar-refractivity contribution is 7.80. The third kappa shape index (κ3) is 6.82. The fraction of sp³-hybridized carbons (Fsp3) is 0.519. The number of nitrogens with one attached hydrogen (secondary N) is 2. The Hall–Kier alpha value is -2.45. The lowest BCUT2D eigenvalue weighted by molar-refractivity contribution is 0.0600. The first-order chi connectivity index (χ1) is 16.7. The Morgan fingerprint density at radius 2 is 1.94 bits per heavy atom. The number of thiophene rings is 1. The van der Waals surface area contributed by atoms with E-state index in [9.17, 15) is 9.59 Å². The molecule has 1 aliphatic carbocycles. The highest BCUT2D eigenvalue weighted by Gasteiger charge is 2.34. The van der Waals surface area contributed by atoms with Gasteiger partial charge in [-0.1, -0.05) is 52.7 Å². The zero-order valence-corrected chi connectivity index (χ0v) is 22.9. The number of unbranched alkanes of at least 4 members (excludes halogenated alkanes) is 2. The Morgan fingerprint density at radius 3 is 2.63 bits per heavy atom. The molecule has 1 atom stereocenters. The summed E-state index contributed by atoms with van der Waals surface area (Å²) in [4.78, 5) is 26.8. The minimum absolute atomic E-state index is 0.131. The predicted molar refractivity (Wildman–Crippen MR) is 146 cm³/mol. The van der Waals surface area contributed by atoms with Crippen LogP contribution in [0, 0.1) is 11.3 Å². The zero-order valence-electron chi connectivity index (χ0n) is 21.3. The number of methoxy groups -OCH3 is 1. The molecule has 190 valence electrons. The summed E-state index contributed by atoms with van der Waals surface area (Å²) in [6.07, 6.45) is 5.86. The SMILES string of the molecule is CCCCCOc1ccccc1C(=O)NC(=S)Nc1sc2c(c1C(=O)OC)CCC(C(C)(C)C)C2. The molecule has 0 saturated heterocycles. The summed E-state index contributed by atoms with van der Waals surface area (Å²) < 4.78 is 10.9. The number of hydrogen-bond acceptors (Lipinski definition) is 6. The summed E-state index contributed by atoms with van der Waals surface area (Å²) in [6.45, 7) is 9.46. The molecule has 1 amide bonds. The summed E-state index contributed by atoms with van der Waals surface area (Å²) in [7, 11) is 1.38. The lowest BCUT2D eigenvalue weighted by Crippen LogP contribution is -2.34. The molecule has 3 rings (SSSR count). The molecule has 0 bridgehead atoms. The summed E-state index contributed by atoms with van der Waals surface area (Å²) in [5.41, 5.74) is 2.16. The maximum Gasteiger partial charge on any atom is 0.341 e. The van der Waals surface area contributed by atoms with E-state index in [1.54, 1.807) is 18.2 Å². The molecule has 1 aliphatic rings. The molecule has 2 N–H and O–H groups in total. The molecule has 35 heavy (non-hydrogen) atoms. The third-order valence-corrected chi connectivity index (χ3v) is 7.84. The second-order valence-electron chi connectivity index (χ2n) is 9.97. The molecule has 6 nitrogen and oxygen atoms in total. The fourth-order valence-electron chi connectivity index (χ4n) is 4.35. The monoisotopic (exact) mass is 516 g/mol. The molecule has 0 aliphatic heterocycles. The van der Waals surface area contributed by atoms with Gasteiger partial charge in [-0.15, -0.1) is 11.3 Å². The number of ether oxygens (including phenoxy) is 2. The average molecular weight is 517 g/mol. The van der Waals surface area contributed by atoms with Crippen LogP contribution in [0.15, 0.2) is 24.3 Å². The Balaban J connectivity index is 1.74. The van der Waals surface area contributed by atoms with Crippen molar-refractivity contribution >= 4 is 45.5 Å². The average Bonchev–Trinajstić information content (AvgIpc) is 3.17. The molecule has 1 aromatic heterocycles. The highest BCUT2D eigenvalue weighted by atomic mass is 32.1. The van der Waals surface area contributed by atoms with E-state index in [1.807, 2.05) is 6.07 Å². The number of rotatable bonds is 8. The number of hydrogen-bond donors (Lipinski definition) is 2. The lowest BCUT2D eigenvalue weighted by atomic mass is 9.72. The van der Waals surface area contributed by atoms with Crippen molar-refractivity contribution in [1.82, 2.24) is 5.32 Å². The number of benzene rings is 1. The quantitative estimate of drug-likeness (QED) is 0.241. The van der Waals surface area contributed by atoms with Crippen molar-refractivity contribution in [2.45, 2.75) is 66.2 Å². The topological polar surface area (TPSA) is 76.7 Å². The molecule has 0 radical (unpaired) electrons. The fourth-order valence-corrected chi connectivity index (χ4v) is 5.93. The van der Waals surface area contributed by atoms with E-state index in [4.69, 9.17) is 21.7 Å². The molecule has 0 spiro atoms. The van der Waals surface area contributed by atoms with Gasteiger partial charge in [0.05, 0.1) is 24.8 Å². The van der Waals surface area contributed by atoms with Crippen LogP contribution in [0.5, 0.6) is 5.75 Å². The van der Waals surface area contributed by atoms with Gasteiger partial charge in [0.15, 0.2) is 5.11 Å². The number of thiocarbonyl (C=S) groups is 1. The Labute approximate surface area is 217 Å². The standard InChI is InChI=1S/C27H36N2O4S2/c1-6-7-10-15-33-20-12-9-8-11-18(20)23(30)28-26(34)29-24-22(25(31)32-5)19-14-13-17(27(2,3)4)16-21(19)35-24/h8-9,11-12,17H,6-7,10,13-16H2,1-5H3,(H2,28,29,30,34). The molecule has 0 fully saturated rings. The van der Waals surface area contributed by atoms with E-state index in [0.29, 0.717) is 34.4 Å². The summed E-state index contributed by atoms with van der Waals surface area (Å²) in [5, 5.41) is 6.58. The van der Waals surface area contributed by atoms with E-state index >= 15 is 0 Å². The summed E-state index contributed by atoms with van der Waals surface area (Å²) >= 11 is 6.97. The van der Waals surface area contributed by atoms with Crippen molar-refractivity contribution in [3.63, 3.8) is 0 Å². The predicted octanol–water partition coefficient (Wildman–Crippen LogP) is 6.38. The van der Waals surface area contributed by atoms with E-state index in [0.717, 1.165) is 44.1 Å². The number of carbonyl (C=O) groups excluding carboxylic acids is 2. The molecule has 2 aromatic rings. The van der Waals surface area contributed by atoms with Crippen molar-refractivity contribution in [2.24, 2.45) is 11.3 Å². The van der Waals surface area contributed by atoms with Gasteiger partial charge in [-0.3, -0.25) is 10.1 Å². The van der Waals surface area contributed by atoms with Crippen molar-refractivity contribution in [3.05, 3.63) is 45.8 Å². The third-order valence-electron chi connectivity index (χ3n) is 6.47. The van der Waals surface area contributed by atoms with Crippen molar-refractivity contribution in [3.8, 4) is 5.75 Å². The Bertz CT molecular complexity index is 1070. The summed E-state index contributed by atoms with van der Waals surface area (Å²) in [5.74, 6) is 0.313. The lowest BCUT2D eigenvalue weighted by Gasteiger charge is -2.33. The first-order valence-corrected chi connectivity index (χ1v) is 13.4. The zero-order chi connectivity index (χ0) is 25.6. The number of anilines is 1. The minimum atomic E-state index is -0.390. The first-order valence-electron chi connectivity index (χ1n) is 12.2. The normalized spacial score (nSPS) is 15.2. The van der Waals surface area contributed by atoms with Crippen LogP contribution in [0.2, 0.25) is 0 Å². The van der Waals surface area contributed by atoms with Gasteiger partial charge in [-0.2, -0.15) is 0 Å². The van der Waals surface area contributed by atoms with Crippen molar-refractivity contribution < 1.29 is 19.1 Å². The largest absolute Gasteiger partial charge is 0.493 e. The van der Waals surface area contributed by atoms with Crippen LogP contribution >= 0.6 is 23.6 Å². The van der Waals surface area contributed by atoms with Crippen LogP contribution in [-0.4, -0.2) is 30.7 Å². The van der Waals surface area contributed by atoms with Gasteiger partial charge < -0.3 is 14.8 Å². The van der Waals surface area contributed by atoms with Gasteiger partial charge in [-0.05, 0) is 66.9 Å². The van der Waals surface area contributed by atoms with Crippen molar-refractivity contribution in [2.75, 3.05) is 19.0 Å². The van der Waals surface area contributed by atoms with E-state index in [1.165, 1.54) is 23.3 Å². The number of carbonyl (C=O) groups is 2. The van der Waals surface area contributed by atoms with Crippen molar-refractivity contribution in [1.29, 1.82) is 0 Å². The molecule has 0 saturated carbocycles. The van der Waals surface area contributed by atoms with Crippen LogP contribution in [-0.2, 0) is 17.6 Å². The van der Waals surface area contributed by atoms with Gasteiger partial charge >= 0.3 is 5.97 Å². The van der Waals surface area contributed by atoms with Gasteiger partial charge in [0.2, 0.25) is 0 Å². The second-order valence-corrected chi connectivity index (χ2v) is 11.5. The molecule has 8 heteroatoms. The summed E-state index contributed by atoms with van der Waals surface area (Å²) in [6, 6.07) is 7.12. The molecular formula is C27H36N2O4S2. The van der Waals surface area contributed by atoms with Gasteiger partial charge in [0.25, 0.3) is 5.91 Å². The first kappa shape index (κ1) is 27.1. The molecule has 1 unspecified atom stereocenters. The van der Waals surface area contributed by atoms with Crippen LogP contribution in [0.4, 0.5) is 5.00 Å². The van der Waals surface area contributed by atoms with Gasteiger partial charge in [0, 0.05) is 4.88 Å². The van der Waals surface area contributed by atoms with E-state index in [-0.39, 0.29) is 22.4 Å². The van der Waals surface area contributed by atoms with Gasteiger partial charge in [-0.25, -0.2) is 4.79 Å². The second kappa shape index (κ2) is 12.0. The van der Waals surface area contributed by atoms with Crippen LogP contribution in [0.25, 0.3) is 0 Å². The molecular weight excluding hydrogens is 480 g/mol. The maximum absolute atomic E-state index is 13.0. The van der Waals surface area contributed by atoms with E-state index < -0.39 is 0 Å². The molecule has 1 heterocycles. The minimum Gasteiger partial charge on any atom is -0.493 e. The van der Waals surface area contributed by atoms with Crippen LogP contribution in [0.3, 0.4) is 0 Å².